The van der Waals surface area contributed by atoms with Crippen molar-refractivity contribution >= 4 is 5.78 Å². The molecule has 1 heterocycles. The van der Waals surface area contributed by atoms with Crippen molar-refractivity contribution in [2.75, 3.05) is 0 Å². The summed E-state index contributed by atoms with van der Waals surface area (Å²) < 4.78 is 67.8. The molecule has 27 heavy (non-hydrogen) atoms. The molecule has 1 aromatic heterocycles. The first-order valence-electron chi connectivity index (χ1n) is 7.14. The summed E-state index contributed by atoms with van der Waals surface area (Å²) in [5, 5.41) is 13.8. The van der Waals surface area contributed by atoms with Crippen LogP contribution in [0, 0.1) is 36.0 Å². The zero-order valence-electron chi connectivity index (χ0n) is 13.3. The van der Waals surface area contributed by atoms with E-state index in [0.29, 0.717) is 0 Å². The minimum atomic E-state index is -1.79. The van der Waals surface area contributed by atoms with E-state index in [9.17, 15) is 31.9 Å². The van der Waals surface area contributed by atoms with Gasteiger partial charge in [0.05, 0.1) is 5.69 Å². The Morgan fingerprint density at radius 3 is 2.04 bits per heavy atom. The van der Waals surface area contributed by atoms with Gasteiger partial charge in [-0.3, -0.25) is 4.79 Å². The molecule has 4 nitrogen and oxygen atoms in total. The van der Waals surface area contributed by atoms with Gasteiger partial charge in [0.2, 0.25) is 5.88 Å². The predicted octanol–water partition coefficient (Wildman–Crippen LogP) is 3.81. The van der Waals surface area contributed by atoms with Crippen LogP contribution < -0.4 is 0 Å². The van der Waals surface area contributed by atoms with E-state index in [1.807, 2.05) is 0 Å². The van der Waals surface area contributed by atoms with Gasteiger partial charge < -0.3 is 5.11 Å². The minimum Gasteiger partial charge on any atom is -0.493 e. The van der Waals surface area contributed by atoms with Gasteiger partial charge in [0, 0.05) is 28.7 Å². The van der Waals surface area contributed by atoms with Gasteiger partial charge in [0.15, 0.2) is 29.1 Å². The van der Waals surface area contributed by atoms with Crippen LogP contribution in [0.2, 0.25) is 0 Å². The molecule has 3 aromatic rings. The summed E-state index contributed by atoms with van der Waals surface area (Å²) in [5.74, 6) is -9.40. The number of benzene rings is 2. The molecule has 10 heteroatoms. The van der Waals surface area contributed by atoms with Crippen LogP contribution in [0.4, 0.5) is 22.0 Å². The molecule has 0 bridgehead atoms. The quantitative estimate of drug-likeness (QED) is 0.297. The zero-order valence-corrected chi connectivity index (χ0v) is 14.3. The van der Waals surface area contributed by atoms with Gasteiger partial charge in [0.1, 0.15) is 17.1 Å². The number of aromatic hydroxyl groups is 1. The minimum absolute atomic E-state index is 0. The second-order valence-electron chi connectivity index (χ2n) is 5.35. The van der Waals surface area contributed by atoms with Crippen molar-refractivity contribution in [3.8, 4) is 11.6 Å². The van der Waals surface area contributed by atoms with Crippen molar-refractivity contribution in [2.24, 2.45) is 0 Å². The van der Waals surface area contributed by atoms with E-state index in [2.05, 4.69) is 5.10 Å². The van der Waals surface area contributed by atoms with Crippen LogP contribution in [0.15, 0.2) is 30.3 Å². The fourth-order valence-corrected chi connectivity index (χ4v) is 2.43. The Morgan fingerprint density at radius 2 is 1.52 bits per heavy atom. The number of ketones is 1. The van der Waals surface area contributed by atoms with E-state index in [-0.39, 0.29) is 39.1 Å². The van der Waals surface area contributed by atoms with Crippen molar-refractivity contribution in [2.45, 2.75) is 6.92 Å². The van der Waals surface area contributed by atoms with Crippen LogP contribution in [0.3, 0.4) is 0 Å². The summed E-state index contributed by atoms with van der Waals surface area (Å²) in [6.45, 7) is 1.25. The molecular weight excluding hydrogens is 423 g/mol. The van der Waals surface area contributed by atoms with E-state index >= 15 is 0 Å². The fraction of sp³-hybridized carbons (Fsp3) is 0.0588. The van der Waals surface area contributed by atoms with Gasteiger partial charge in [-0.2, -0.15) is 9.78 Å². The largest absolute Gasteiger partial charge is 0.493 e. The average molecular weight is 432 g/mol. The third kappa shape index (κ3) is 3.45. The van der Waals surface area contributed by atoms with E-state index in [1.165, 1.54) is 6.92 Å². The summed E-state index contributed by atoms with van der Waals surface area (Å²) in [5.41, 5.74) is -1.93. The molecule has 2 aromatic carbocycles. The fourth-order valence-electron chi connectivity index (χ4n) is 2.43. The van der Waals surface area contributed by atoms with E-state index < -0.39 is 52.0 Å². The van der Waals surface area contributed by atoms with E-state index in [1.54, 1.807) is 0 Å². The van der Waals surface area contributed by atoms with Crippen molar-refractivity contribution in [1.29, 1.82) is 0 Å². The molecule has 0 spiro atoms. The van der Waals surface area contributed by atoms with Gasteiger partial charge in [-0.05, 0) is 31.2 Å². The first-order chi connectivity index (χ1) is 12.2. The molecule has 145 valence electrons. The van der Waals surface area contributed by atoms with Crippen LogP contribution in [-0.2, 0) is 17.1 Å². The van der Waals surface area contributed by atoms with Crippen molar-refractivity contribution in [3.63, 3.8) is 0 Å². The summed E-state index contributed by atoms with van der Waals surface area (Å²) in [4.78, 5) is 12.5. The number of carbonyl (C=O) groups is 1. The molecule has 3 rings (SSSR count). The summed E-state index contributed by atoms with van der Waals surface area (Å²) >= 11 is 0. The van der Waals surface area contributed by atoms with Crippen molar-refractivity contribution < 1.29 is 48.9 Å². The number of nitrogens with zero attached hydrogens (tertiary/aromatic N) is 2. The number of halogens is 5. The molecule has 0 aliphatic rings. The third-order valence-corrected chi connectivity index (χ3v) is 3.67. The normalized spacial score (nSPS) is 10.6. The molecule has 0 amide bonds. The van der Waals surface area contributed by atoms with Crippen molar-refractivity contribution in [3.05, 3.63) is 76.2 Å². The molecule has 0 unspecified atom stereocenters. The van der Waals surface area contributed by atoms with Crippen LogP contribution in [0.5, 0.6) is 5.88 Å². The monoisotopic (exact) mass is 431 g/mol. The summed E-state index contributed by atoms with van der Waals surface area (Å²) in [7, 11) is 0. The van der Waals surface area contributed by atoms with E-state index in [0.717, 1.165) is 24.3 Å². The van der Waals surface area contributed by atoms with Crippen LogP contribution in [-0.4, -0.2) is 20.7 Å². The Kier molecular flexibility index (Phi) is 5.72. The van der Waals surface area contributed by atoms with Gasteiger partial charge in [-0.15, -0.1) is 0 Å². The topological polar surface area (TPSA) is 55.1 Å². The Labute approximate surface area is 159 Å². The molecule has 0 saturated heterocycles. The third-order valence-electron chi connectivity index (χ3n) is 3.67. The SMILES string of the molecule is Cc1nn(-c2c(F)c(F)cc(F)c2F)c(O)c1C(=O)c1ccc(F)cc1.[Cu]. The van der Waals surface area contributed by atoms with Crippen LogP contribution in [0.25, 0.3) is 5.69 Å². The molecule has 0 aliphatic carbocycles. The number of aromatic nitrogens is 2. The van der Waals surface area contributed by atoms with Gasteiger partial charge in [0.25, 0.3) is 0 Å². The van der Waals surface area contributed by atoms with Gasteiger partial charge in [-0.25, -0.2) is 22.0 Å². The van der Waals surface area contributed by atoms with Crippen LogP contribution in [0.1, 0.15) is 21.6 Å². The Morgan fingerprint density at radius 1 is 1.00 bits per heavy atom. The average Bonchev–Trinajstić information content (AvgIpc) is 2.88. The second-order valence-corrected chi connectivity index (χ2v) is 5.35. The Balaban J connectivity index is 0.00000261. The zero-order chi connectivity index (χ0) is 19.2. The summed E-state index contributed by atoms with van der Waals surface area (Å²) in [6, 6.07) is 4.29. The summed E-state index contributed by atoms with van der Waals surface area (Å²) in [6.07, 6.45) is 0. The molecule has 1 radical (unpaired) electrons. The number of rotatable bonds is 3. The predicted molar refractivity (Wildman–Crippen MR) is 79.6 cm³/mol. The van der Waals surface area contributed by atoms with Crippen molar-refractivity contribution in [1.82, 2.24) is 9.78 Å². The maximum absolute atomic E-state index is 13.9. The first-order valence-corrected chi connectivity index (χ1v) is 7.14. The maximum Gasteiger partial charge on any atom is 0.226 e. The molecular formula is C17H9CuF5N2O2. The van der Waals surface area contributed by atoms with Gasteiger partial charge in [-0.1, -0.05) is 0 Å². The van der Waals surface area contributed by atoms with E-state index in [4.69, 9.17) is 0 Å². The molecule has 0 aliphatic heterocycles. The number of hydrogen-bond donors (Lipinski definition) is 1. The molecule has 0 atom stereocenters. The first kappa shape index (κ1) is 20.6. The number of hydrogen-bond acceptors (Lipinski definition) is 3. The van der Waals surface area contributed by atoms with Gasteiger partial charge >= 0.3 is 0 Å². The smallest absolute Gasteiger partial charge is 0.226 e. The number of aryl methyl sites for hydroxylation is 1. The van der Waals surface area contributed by atoms with Crippen LogP contribution >= 0.6 is 0 Å². The molecule has 1 N–H and O–H groups in total. The molecule has 0 fully saturated rings. The number of carbonyl (C=O) groups excluding carboxylic acids is 1. The maximum atomic E-state index is 13.9. The second kappa shape index (κ2) is 7.50. The molecule has 0 saturated carbocycles. The Hall–Kier alpha value is -2.71. The Bertz CT molecular complexity index is 1010. The standard InChI is InChI=1S/C17H9F5N2O2.Cu/c1-7-12(16(25)8-2-4-9(18)5-3-8)17(26)24(23-7)15-13(21)10(19)6-11(20)14(15)22;/h2-6,26H,1H3;.